The second-order valence-corrected chi connectivity index (χ2v) is 4.84. The highest BCUT2D eigenvalue weighted by molar-refractivity contribution is 7.15. The topological polar surface area (TPSA) is 56.3 Å². The summed E-state index contributed by atoms with van der Waals surface area (Å²) in [6.45, 7) is 5.93. The minimum absolute atomic E-state index is 0.555. The van der Waals surface area contributed by atoms with Crippen molar-refractivity contribution in [3.05, 3.63) is 5.01 Å². The van der Waals surface area contributed by atoms with Crippen LogP contribution in [-0.4, -0.2) is 36.6 Å². The number of hydrogen-bond donors (Lipinski definition) is 1. The maximum atomic E-state index is 5.60. The average molecular weight is 243 g/mol. The van der Waals surface area contributed by atoms with Crippen molar-refractivity contribution in [2.24, 2.45) is 5.92 Å². The molecular formula is C10H17N3O2S. The maximum Gasteiger partial charge on any atom is 0.205 e. The molecule has 1 aromatic rings. The molecule has 0 radical (unpaired) electrons. The molecule has 1 aliphatic heterocycles. The van der Waals surface area contributed by atoms with Gasteiger partial charge < -0.3 is 14.8 Å². The zero-order valence-corrected chi connectivity index (χ0v) is 10.3. The van der Waals surface area contributed by atoms with Crippen LogP contribution in [0.15, 0.2) is 0 Å². The normalized spacial score (nSPS) is 20.2. The third-order valence-corrected chi connectivity index (χ3v) is 3.25. The van der Waals surface area contributed by atoms with Crippen molar-refractivity contribution in [3.8, 4) is 0 Å². The van der Waals surface area contributed by atoms with E-state index in [0.717, 1.165) is 42.9 Å². The highest BCUT2D eigenvalue weighted by Crippen LogP contribution is 2.17. The van der Waals surface area contributed by atoms with Gasteiger partial charge in [-0.1, -0.05) is 11.3 Å². The molecule has 6 heteroatoms. The Kier molecular flexibility index (Phi) is 4.50. The molecule has 0 aromatic carbocycles. The lowest BCUT2D eigenvalue weighted by Crippen LogP contribution is -2.08. The van der Waals surface area contributed by atoms with Crippen LogP contribution >= 0.6 is 11.3 Å². The van der Waals surface area contributed by atoms with Gasteiger partial charge in [-0.15, -0.1) is 10.2 Å². The highest BCUT2D eigenvalue weighted by atomic mass is 32.1. The smallest absolute Gasteiger partial charge is 0.205 e. The number of nitrogens with one attached hydrogen (secondary N) is 1. The van der Waals surface area contributed by atoms with Crippen molar-refractivity contribution in [2.45, 2.75) is 20.0 Å². The van der Waals surface area contributed by atoms with Crippen LogP contribution in [0.25, 0.3) is 0 Å². The molecule has 0 spiro atoms. The van der Waals surface area contributed by atoms with Gasteiger partial charge >= 0.3 is 0 Å². The zero-order valence-electron chi connectivity index (χ0n) is 9.44. The molecule has 1 N–H and O–H groups in total. The molecular weight excluding hydrogens is 226 g/mol. The van der Waals surface area contributed by atoms with Crippen LogP contribution in [0.4, 0.5) is 5.13 Å². The Bertz CT molecular complexity index is 313. The fourth-order valence-corrected chi connectivity index (χ4v) is 2.31. The number of rotatable bonds is 6. The Morgan fingerprint density at radius 3 is 3.25 bits per heavy atom. The molecule has 90 valence electrons. The number of aromatic nitrogens is 2. The van der Waals surface area contributed by atoms with Crippen molar-refractivity contribution in [1.29, 1.82) is 0 Å². The summed E-state index contributed by atoms with van der Waals surface area (Å²) in [5.41, 5.74) is 0. The summed E-state index contributed by atoms with van der Waals surface area (Å²) < 4.78 is 10.9. The first-order valence-corrected chi connectivity index (χ1v) is 6.42. The second kappa shape index (κ2) is 6.12. The monoisotopic (exact) mass is 243 g/mol. The first kappa shape index (κ1) is 11.8. The Morgan fingerprint density at radius 1 is 1.56 bits per heavy atom. The quantitative estimate of drug-likeness (QED) is 0.821. The third kappa shape index (κ3) is 3.40. The standard InChI is InChI=1S/C10H17N3O2S/c1-2-11-10-13-12-9(16-10)7-15-6-8-3-4-14-5-8/h8H,2-7H2,1H3,(H,11,13). The highest BCUT2D eigenvalue weighted by Gasteiger charge is 2.15. The minimum Gasteiger partial charge on any atom is -0.381 e. The van der Waals surface area contributed by atoms with Gasteiger partial charge in [-0.2, -0.15) is 0 Å². The average Bonchev–Trinajstić information content (AvgIpc) is 2.90. The molecule has 5 nitrogen and oxygen atoms in total. The van der Waals surface area contributed by atoms with Crippen molar-refractivity contribution >= 4 is 16.5 Å². The van der Waals surface area contributed by atoms with Crippen LogP contribution in [0.3, 0.4) is 0 Å². The van der Waals surface area contributed by atoms with Crippen LogP contribution in [0.5, 0.6) is 0 Å². The number of anilines is 1. The summed E-state index contributed by atoms with van der Waals surface area (Å²) in [6, 6.07) is 0. The third-order valence-electron chi connectivity index (χ3n) is 2.40. The van der Waals surface area contributed by atoms with Crippen LogP contribution in [0.1, 0.15) is 18.4 Å². The largest absolute Gasteiger partial charge is 0.381 e. The molecule has 0 aliphatic carbocycles. The molecule has 2 heterocycles. The summed E-state index contributed by atoms with van der Waals surface area (Å²) in [7, 11) is 0. The van der Waals surface area contributed by atoms with E-state index in [0.29, 0.717) is 12.5 Å². The van der Waals surface area contributed by atoms with Gasteiger partial charge in [0.1, 0.15) is 11.6 Å². The van der Waals surface area contributed by atoms with Gasteiger partial charge in [-0.25, -0.2) is 0 Å². The Morgan fingerprint density at radius 2 is 2.50 bits per heavy atom. The predicted octanol–water partition coefficient (Wildman–Crippen LogP) is 1.52. The summed E-state index contributed by atoms with van der Waals surface area (Å²) in [4.78, 5) is 0. The van der Waals surface area contributed by atoms with Crippen molar-refractivity contribution in [2.75, 3.05) is 31.7 Å². The van der Waals surface area contributed by atoms with E-state index in [-0.39, 0.29) is 0 Å². The van der Waals surface area contributed by atoms with Gasteiger partial charge in [-0.05, 0) is 13.3 Å². The van der Waals surface area contributed by atoms with Crippen LogP contribution < -0.4 is 5.32 Å². The van der Waals surface area contributed by atoms with Gasteiger partial charge in [0.25, 0.3) is 0 Å². The van der Waals surface area contributed by atoms with Crippen LogP contribution in [0.2, 0.25) is 0 Å². The molecule has 1 aromatic heterocycles. The molecule has 0 bridgehead atoms. The predicted molar refractivity (Wildman–Crippen MR) is 62.7 cm³/mol. The van der Waals surface area contributed by atoms with Gasteiger partial charge in [0, 0.05) is 19.1 Å². The maximum absolute atomic E-state index is 5.60. The van der Waals surface area contributed by atoms with Crippen molar-refractivity contribution in [3.63, 3.8) is 0 Å². The van der Waals surface area contributed by atoms with Gasteiger partial charge in [0.05, 0.1) is 13.2 Å². The Balaban J connectivity index is 1.67. The van der Waals surface area contributed by atoms with E-state index in [1.807, 2.05) is 6.92 Å². The van der Waals surface area contributed by atoms with Crippen LogP contribution in [0, 0.1) is 5.92 Å². The van der Waals surface area contributed by atoms with E-state index in [2.05, 4.69) is 15.5 Å². The number of nitrogens with zero attached hydrogens (tertiary/aromatic N) is 2. The molecule has 2 rings (SSSR count). The molecule has 1 unspecified atom stereocenters. The lowest BCUT2D eigenvalue weighted by atomic mass is 10.1. The first-order valence-electron chi connectivity index (χ1n) is 5.60. The Hall–Kier alpha value is -0.720. The SMILES string of the molecule is CCNc1nnc(COCC2CCOC2)s1. The molecule has 16 heavy (non-hydrogen) atoms. The van der Waals surface area contributed by atoms with E-state index in [1.54, 1.807) is 11.3 Å². The second-order valence-electron chi connectivity index (χ2n) is 3.78. The first-order chi connectivity index (χ1) is 7.88. The molecule has 1 fully saturated rings. The lowest BCUT2D eigenvalue weighted by molar-refractivity contribution is 0.0787. The summed E-state index contributed by atoms with van der Waals surface area (Å²) in [5.74, 6) is 0.557. The van der Waals surface area contributed by atoms with Crippen molar-refractivity contribution in [1.82, 2.24) is 10.2 Å². The molecule has 0 saturated carbocycles. The Labute approximate surface area is 99.2 Å². The van der Waals surface area contributed by atoms with Crippen LogP contribution in [-0.2, 0) is 16.1 Å². The van der Waals surface area contributed by atoms with E-state index in [1.165, 1.54) is 0 Å². The summed E-state index contributed by atoms with van der Waals surface area (Å²) >= 11 is 1.55. The number of hydrogen-bond acceptors (Lipinski definition) is 6. The number of ether oxygens (including phenoxy) is 2. The molecule has 1 aliphatic rings. The van der Waals surface area contributed by atoms with Gasteiger partial charge in [0.15, 0.2) is 0 Å². The minimum atomic E-state index is 0.555. The van der Waals surface area contributed by atoms with E-state index >= 15 is 0 Å². The fourth-order valence-electron chi connectivity index (χ4n) is 1.56. The molecule has 1 atom stereocenters. The van der Waals surface area contributed by atoms with E-state index < -0.39 is 0 Å². The van der Waals surface area contributed by atoms with Gasteiger partial charge in [-0.3, -0.25) is 0 Å². The fraction of sp³-hybridized carbons (Fsp3) is 0.800. The summed E-state index contributed by atoms with van der Waals surface area (Å²) in [6.07, 6.45) is 1.11. The van der Waals surface area contributed by atoms with E-state index in [4.69, 9.17) is 9.47 Å². The van der Waals surface area contributed by atoms with Crippen molar-refractivity contribution < 1.29 is 9.47 Å². The van der Waals surface area contributed by atoms with E-state index in [9.17, 15) is 0 Å². The molecule has 1 saturated heterocycles. The molecule has 0 amide bonds. The zero-order chi connectivity index (χ0) is 11.2. The summed E-state index contributed by atoms with van der Waals surface area (Å²) in [5, 5.41) is 13.0. The van der Waals surface area contributed by atoms with Gasteiger partial charge in [0.2, 0.25) is 5.13 Å². The lowest BCUT2D eigenvalue weighted by Gasteiger charge is -2.06.